The van der Waals surface area contributed by atoms with Gasteiger partial charge in [-0.05, 0) is 12.1 Å². The summed E-state index contributed by atoms with van der Waals surface area (Å²) in [6, 6.07) is 3.46. The maximum absolute atomic E-state index is 11.2. The first-order chi connectivity index (χ1) is 6.31. The number of rotatable bonds is 1. The van der Waals surface area contributed by atoms with Crippen molar-refractivity contribution in [3.8, 4) is 0 Å². The van der Waals surface area contributed by atoms with Crippen LogP contribution in [0.25, 0.3) is 5.65 Å². The Labute approximate surface area is 74.4 Å². The van der Waals surface area contributed by atoms with Crippen molar-refractivity contribution in [2.75, 3.05) is 7.05 Å². The Bertz CT molecular complexity index is 448. The molecule has 0 unspecified atom stereocenters. The SMILES string of the molecule is CNC(=O)c1ccc2ncnn2c1. The summed E-state index contributed by atoms with van der Waals surface area (Å²) >= 11 is 0. The zero-order valence-corrected chi connectivity index (χ0v) is 7.06. The number of carbonyl (C=O) groups excluding carboxylic acids is 1. The average molecular weight is 176 g/mol. The van der Waals surface area contributed by atoms with Gasteiger partial charge < -0.3 is 5.32 Å². The molecule has 1 amide bonds. The predicted octanol–water partition coefficient (Wildman–Crippen LogP) is 0.0889. The summed E-state index contributed by atoms with van der Waals surface area (Å²) < 4.78 is 1.56. The number of pyridine rings is 1. The van der Waals surface area contributed by atoms with Crippen molar-refractivity contribution < 1.29 is 4.79 Å². The summed E-state index contributed by atoms with van der Waals surface area (Å²) in [5, 5.41) is 6.46. The van der Waals surface area contributed by atoms with Gasteiger partial charge in [-0.1, -0.05) is 0 Å². The molecule has 0 saturated carbocycles. The Kier molecular flexibility index (Phi) is 1.70. The van der Waals surface area contributed by atoms with Crippen LogP contribution in [0.3, 0.4) is 0 Å². The second kappa shape index (κ2) is 2.85. The lowest BCUT2D eigenvalue weighted by atomic mass is 10.3. The van der Waals surface area contributed by atoms with Gasteiger partial charge in [0.2, 0.25) is 0 Å². The third-order valence-electron chi connectivity index (χ3n) is 1.76. The van der Waals surface area contributed by atoms with E-state index >= 15 is 0 Å². The highest BCUT2D eigenvalue weighted by Gasteiger charge is 2.03. The number of aromatic nitrogens is 3. The van der Waals surface area contributed by atoms with Gasteiger partial charge in [-0.2, -0.15) is 5.10 Å². The van der Waals surface area contributed by atoms with E-state index in [0.29, 0.717) is 5.56 Å². The molecule has 2 rings (SSSR count). The fourth-order valence-corrected chi connectivity index (χ4v) is 1.10. The fourth-order valence-electron chi connectivity index (χ4n) is 1.10. The van der Waals surface area contributed by atoms with Crippen LogP contribution in [0.15, 0.2) is 24.7 Å². The Morgan fingerprint density at radius 2 is 2.38 bits per heavy atom. The second-order valence-corrected chi connectivity index (χ2v) is 2.56. The number of carbonyl (C=O) groups is 1. The maximum Gasteiger partial charge on any atom is 0.252 e. The van der Waals surface area contributed by atoms with Gasteiger partial charge in [-0.3, -0.25) is 4.79 Å². The Morgan fingerprint density at radius 3 is 3.15 bits per heavy atom. The molecule has 2 aromatic heterocycles. The molecule has 13 heavy (non-hydrogen) atoms. The van der Waals surface area contributed by atoms with E-state index in [9.17, 15) is 4.79 Å². The van der Waals surface area contributed by atoms with E-state index in [2.05, 4.69) is 15.4 Å². The van der Waals surface area contributed by atoms with E-state index in [1.807, 2.05) is 0 Å². The molecule has 2 aromatic rings. The van der Waals surface area contributed by atoms with E-state index in [4.69, 9.17) is 0 Å². The van der Waals surface area contributed by atoms with Crippen molar-refractivity contribution in [1.29, 1.82) is 0 Å². The second-order valence-electron chi connectivity index (χ2n) is 2.56. The molecule has 0 atom stereocenters. The quantitative estimate of drug-likeness (QED) is 0.669. The third-order valence-corrected chi connectivity index (χ3v) is 1.76. The van der Waals surface area contributed by atoms with Crippen LogP contribution < -0.4 is 5.32 Å². The Balaban J connectivity index is 2.54. The summed E-state index contributed by atoms with van der Waals surface area (Å²) in [7, 11) is 1.59. The van der Waals surface area contributed by atoms with Crippen LogP contribution in [-0.4, -0.2) is 27.6 Å². The average Bonchev–Trinajstić information content (AvgIpc) is 2.63. The lowest BCUT2D eigenvalue weighted by molar-refractivity contribution is 0.0962. The Morgan fingerprint density at radius 1 is 1.54 bits per heavy atom. The monoisotopic (exact) mass is 176 g/mol. The molecular formula is C8H8N4O. The fraction of sp³-hybridized carbons (Fsp3) is 0.125. The largest absolute Gasteiger partial charge is 0.355 e. The van der Waals surface area contributed by atoms with Gasteiger partial charge in [0.1, 0.15) is 6.33 Å². The first-order valence-electron chi connectivity index (χ1n) is 3.83. The molecule has 5 nitrogen and oxygen atoms in total. The van der Waals surface area contributed by atoms with Crippen molar-refractivity contribution in [2.45, 2.75) is 0 Å². The molecule has 1 N–H and O–H groups in total. The van der Waals surface area contributed by atoms with Crippen LogP contribution in [0, 0.1) is 0 Å². The minimum Gasteiger partial charge on any atom is -0.355 e. The summed E-state index contributed by atoms with van der Waals surface area (Å²) in [5.74, 6) is -0.127. The van der Waals surface area contributed by atoms with Gasteiger partial charge in [0.15, 0.2) is 5.65 Å². The smallest absolute Gasteiger partial charge is 0.252 e. The lowest BCUT2D eigenvalue weighted by Crippen LogP contribution is -2.18. The molecule has 0 aliphatic rings. The minimum absolute atomic E-state index is 0.127. The number of amides is 1. The standard InChI is InChI=1S/C8H8N4O/c1-9-8(13)6-2-3-7-10-5-11-12(7)4-6/h2-5H,1H3,(H,9,13). The van der Waals surface area contributed by atoms with Gasteiger partial charge in [0.05, 0.1) is 5.56 Å². The number of nitrogens with zero attached hydrogens (tertiary/aromatic N) is 3. The molecule has 0 fully saturated rings. The van der Waals surface area contributed by atoms with E-state index in [1.165, 1.54) is 6.33 Å². The lowest BCUT2D eigenvalue weighted by Gasteiger charge is -1.98. The minimum atomic E-state index is -0.127. The molecule has 5 heteroatoms. The van der Waals surface area contributed by atoms with Crippen LogP contribution in [0.1, 0.15) is 10.4 Å². The molecular weight excluding hydrogens is 168 g/mol. The van der Waals surface area contributed by atoms with Gasteiger partial charge in [0, 0.05) is 13.2 Å². The zero-order chi connectivity index (χ0) is 9.26. The first kappa shape index (κ1) is 7.72. The van der Waals surface area contributed by atoms with E-state index in [0.717, 1.165) is 5.65 Å². The summed E-state index contributed by atoms with van der Waals surface area (Å²) in [6.07, 6.45) is 3.09. The normalized spacial score (nSPS) is 10.2. The predicted molar refractivity (Wildman–Crippen MR) is 46.4 cm³/mol. The van der Waals surface area contributed by atoms with Crippen molar-refractivity contribution in [3.05, 3.63) is 30.2 Å². The van der Waals surface area contributed by atoms with Gasteiger partial charge >= 0.3 is 0 Å². The third kappa shape index (κ3) is 1.24. The molecule has 0 aliphatic carbocycles. The van der Waals surface area contributed by atoms with Crippen molar-refractivity contribution >= 4 is 11.6 Å². The topological polar surface area (TPSA) is 59.3 Å². The molecule has 2 heterocycles. The molecule has 0 bridgehead atoms. The van der Waals surface area contributed by atoms with E-state index < -0.39 is 0 Å². The van der Waals surface area contributed by atoms with E-state index in [-0.39, 0.29) is 5.91 Å². The number of nitrogens with one attached hydrogen (secondary N) is 1. The summed E-state index contributed by atoms with van der Waals surface area (Å²) in [6.45, 7) is 0. The molecule has 0 spiro atoms. The van der Waals surface area contributed by atoms with Gasteiger partial charge in [0.25, 0.3) is 5.91 Å². The number of hydrogen-bond acceptors (Lipinski definition) is 3. The molecule has 0 aliphatic heterocycles. The number of fused-ring (bicyclic) bond motifs is 1. The van der Waals surface area contributed by atoms with Crippen LogP contribution in [-0.2, 0) is 0 Å². The molecule has 0 radical (unpaired) electrons. The molecule has 0 aromatic carbocycles. The van der Waals surface area contributed by atoms with Crippen molar-refractivity contribution in [1.82, 2.24) is 19.9 Å². The maximum atomic E-state index is 11.2. The van der Waals surface area contributed by atoms with Crippen LogP contribution >= 0.6 is 0 Å². The van der Waals surface area contributed by atoms with Crippen molar-refractivity contribution in [3.63, 3.8) is 0 Å². The van der Waals surface area contributed by atoms with Crippen LogP contribution in [0.5, 0.6) is 0 Å². The highest BCUT2D eigenvalue weighted by molar-refractivity contribution is 5.93. The number of hydrogen-bond donors (Lipinski definition) is 1. The first-order valence-corrected chi connectivity index (χ1v) is 3.83. The highest BCUT2D eigenvalue weighted by atomic mass is 16.1. The molecule has 0 saturated heterocycles. The van der Waals surface area contributed by atoms with Crippen molar-refractivity contribution in [2.24, 2.45) is 0 Å². The highest BCUT2D eigenvalue weighted by Crippen LogP contribution is 2.02. The summed E-state index contributed by atoms with van der Waals surface area (Å²) in [4.78, 5) is 15.2. The van der Waals surface area contributed by atoms with Crippen LogP contribution in [0.2, 0.25) is 0 Å². The Hall–Kier alpha value is -1.91. The molecule has 66 valence electrons. The zero-order valence-electron chi connectivity index (χ0n) is 7.06. The van der Waals surface area contributed by atoms with E-state index in [1.54, 1.807) is 29.9 Å². The van der Waals surface area contributed by atoms with Gasteiger partial charge in [-0.15, -0.1) is 0 Å². The van der Waals surface area contributed by atoms with Crippen LogP contribution in [0.4, 0.5) is 0 Å². The summed E-state index contributed by atoms with van der Waals surface area (Å²) in [5.41, 5.74) is 1.30. The van der Waals surface area contributed by atoms with Gasteiger partial charge in [-0.25, -0.2) is 9.50 Å².